The maximum absolute atomic E-state index is 13.8. The lowest BCUT2D eigenvalue weighted by molar-refractivity contribution is -0.0553. The first-order valence-electron chi connectivity index (χ1n) is 5.33. The number of aromatic nitrogens is 2. The summed E-state index contributed by atoms with van der Waals surface area (Å²) in [7, 11) is 1.43. The number of hydrogen-bond acceptors (Lipinski definition) is 2. The summed E-state index contributed by atoms with van der Waals surface area (Å²) in [6.45, 7) is -1.25. The van der Waals surface area contributed by atoms with Crippen LogP contribution in [-0.2, 0) is 7.05 Å². The molecule has 0 spiro atoms. The highest BCUT2D eigenvalue weighted by atomic mass is 35.5. The molecule has 0 radical (unpaired) electrons. The van der Waals surface area contributed by atoms with E-state index in [1.165, 1.54) is 19.2 Å². The molecule has 0 saturated heterocycles. The van der Waals surface area contributed by atoms with Crippen molar-refractivity contribution in [1.29, 1.82) is 0 Å². The normalized spacial score (nSPS) is 11.1. The van der Waals surface area contributed by atoms with Crippen molar-refractivity contribution < 1.29 is 17.9 Å². The first-order chi connectivity index (χ1) is 8.88. The maximum Gasteiger partial charge on any atom is 0.388 e. The molecule has 0 aliphatic carbocycles. The van der Waals surface area contributed by atoms with Crippen molar-refractivity contribution in [2.45, 2.75) is 13.5 Å². The fourth-order valence-corrected chi connectivity index (χ4v) is 1.79. The third-order valence-electron chi connectivity index (χ3n) is 2.57. The number of nitrogens with zero attached hydrogens (tertiary/aromatic N) is 2. The maximum atomic E-state index is 13.8. The molecule has 7 heteroatoms. The summed E-state index contributed by atoms with van der Waals surface area (Å²) in [6.07, 6.45) is 0. The van der Waals surface area contributed by atoms with Gasteiger partial charge in [0.25, 0.3) is 0 Å². The molecule has 19 heavy (non-hydrogen) atoms. The molecular weight excluding hydrogens is 281 g/mol. The summed E-state index contributed by atoms with van der Waals surface area (Å²) in [5.41, 5.74) is 1.05. The Balaban J connectivity index is 2.45. The second-order valence-corrected chi connectivity index (χ2v) is 4.36. The first-order valence-corrected chi connectivity index (χ1v) is 5.71. The lowest BCUT2D eigenvalue weighted by atomic mass is 10.1. The third kappa shape index (κ3) is 2.84. The molecule has 3 nitrogen and oxygen atoms in total. The van der Waals surface area contributed by atoms with Gasteiger partial charge in [-0.3, -0.25) is 0 Å². The molecular formula is C12H10ClF3N2O. The standard InChI is InChI=1S/C12H10ClF3N2O/c1-6-3-7(9(14)4-8(6)13)10-5-11(18(2)17-10)19-12(15)16/h3-5,12H,1-2H3. The summed E-state index contributed by atoms with van der Waals surface area (Å²) in [5, 5.41) is 4.23. The molecule has 0 atom stereocenters. The van der Waals surface area contributed by atoms with Gasteiger partial charge in [-0.2, -0.15) is 13.9 Å². The number of alkyl halides is 2. The van der Waals surface area contributed by atoms with Gasteiger partial charge in [-0.1, -0.05) is 11.6 Å². The highest BCUT2D eigenvalue weighted by Crippen LogP contribution is 2.29. The van der Waals surface area contributed by atoms with Crippen LogP contribution in [-0.4, -0.2) is 16.4 Å². The smallest absolute Gasteiger partial charge is 0.388 e. The number of hydrogen-bond donors (Lipinski definition) is 0. The van der Waals surface area contributed by atoms with Gasteiger partial charge in [-0.15, -0.1) is 0 Å². The van der Waals surface area contributed by atoms with Crippen molar-refractivity contribution in [3.05, 3.63) is 34.6 Å². The molecule has 2 rings (SSSR count). The van der Waals surface area contributed by atoms with E-state index in [0.29, 0.717) is 10.6 Å². The number of aryl methyl sites for hydroxylation is 2. The molecule has 0 saturated carbocycles. The van der Waals surface area contributed by atoms with Crippen LogP contribution in [0.4, 0.5) is 13.2 Å². The molecule has 0 aliphatic rings. The van der Waals surface area contributed by atoms with Gasteiger partial charge in [-0.25, -0.2) is 9.07 Å². The lowest BCUT2D eigenvalue weighted by Gasteiger charge is -2.03. The van der Waals surface area contributed by atoms with Gasteiger partial charge in [-0.05, 0) is 24.6 Å². The molecule has 1 heterocycles. The van der Waals surface area contributed by atoms with Crippen LogP contribution in [0, 0.1) is 12.7 Å². The predicted molar refractivity (Wildman–Crippen MR) is 65.0 cm³/mol. The minimum absolute atomic E-state index is 0.142. The molecule has 0 bridgehead atoms. The van der Waals surface area contributed by atoms with Gasteiger partial charge in [0.2, 0.25) is 5.88 Å². The van der Waals surface area contributed by atoms with Gasteiger partial charge < -0.3 is 4.74 Å². The number of benzene rings is 1. The quantitative estimate of drug-likeness (QED) is 0.860. The van der Waals surface area contributed by atoms with E-state index in [2.05, 4.69) is 9.84 Å². The first kappa shape index (κ1) is 13.7. The largest absolute Gasteiger partial charge is 0.417 e. The minimum atomic E-state index is -2.96. The highest BCUT2D eigenvalue weighted by molar-refractivity contribution is 6.31. The Morgan fingerprint density at radius 1 is 1.32 bits per heavy atom. The molecule has 0 N–H and O–H groups in total. The van der Waals surface area contributed by atoms with Gasteiger partial charge in [0.1, 0.15) is 5.82 Å². The zero-order valence-corrected chi connectivity index (χ0v) is 10.9. The van der Waals surface area contributed by atoms with Crippen LogP contribution in [0.15, 0.2) is 18.2 Å². The molecule has 102 valence electrons. The fraction of sp³-hybridized carbons (Fsp3) is 0.250. The topological polar surface area (TPSA) is 27.1 Å². The Kier molecular flexibility index (Phi) is 3.71. The van der Waals surface area contributed by atoms with E-state index in [9.17, 15) is 13.2 Å². The third-order valence-corrected chi connectivity index (χ3v) is 2.98. The van der Waals surface area contributed by atoms with Gasteiger partial charge >= 0.3 is 6.61 Å². The molecule has 0 fully saturated rings. The second-order valence-electron chi connectivity index (χ2n) is 3.95. The Morgan fingerprint density at radius 2 is 2.00 bits per heavy atom. The van der Waals surface area contributed by atoms with Crippen molar-refractivity contribution in [2.75, 3.05) is 0 Å². The molecule has 0 unspecified atom stereocenters. The molecule has 1 aromatic heterocycles. The number of rotatable bonds is 3. The summed E-state index contributed by atoms with van der Waals surface area (Å²) in [6, 6.07) is 3.92. The minimum Gasteiger partial charge on any atom is -0.417 e. The van der Waals surface area contributed by atoms with Crippen LogP contribution in [0.25, 0.3) is 11.3 Å². The van der Waals surface area contributed by atoms with Gasteiger partial charge in [0.05, 0.1) is 5.69 Å². The van der Waals surface area contributed by atoms with Crippen LogP contribution in [0.2, 0.25) is 5.02 Å². The summed E-state index contributed by atoms with van der Waals surface area (Å²) in [4.78, 5) is 0. The van der Waals surface area contributed by atoms with Crippen molar-refractivity contribution in [3.63, 3.8) is 0 Å². The number of ether oxygens (including phenoxy) is 1. The van der Waals surface area contributed by atoms with Crippen LogP contribution in [0.5, 0.6) is 5.88 Å². The van der Waals surface area contributed by atoms with Crippen LogP contribution >= 0.6 is 11.6 Å². The van der Waals surface area contributed by atoms with Crippen molar-refractivity contribution >= 4 is 11.6 Å². The van der Waals surface area contributed by atoms with Crippen molar-refractivity contribution in [1.82, 2.24) is 9.78 Å². The average molecular weight is 291 g/mol. The monoisotopic (exact) mass is 290 g/mol. The Morgan fingerprint density at radius 3 is 2.63 bits per heavy atom. The van der Waals surface area contributed by atoms with Crippen LogP contribution < -0.4 is 4.74 Å². The SMILES string of the molecule is Cc1cc(-c2cc(OC(F)F)n(C)n2)c(F)cc1Cl. The van der Waals surface area contributed by atoms with E-state index < -0.39 is 12.4 Å². The highest BCUT2D eigenvalue weighted by Gasteiger charge is 2.16. The lowest BCUT2D eigenvalue weighted by Crippen LogP contribution is -2.05. The van der Waals surface area contributed by atoms with Gasteiger partial charge in [0, 0.05) is 23.7 Å². The van der Waals surface area contributed by atoms with E-state index in [-0.39, 0.29) is 17.1 Å². The van der Waals surface area contributed by atoms with E-state index in [1.54, 1.807) is 6.92 Å². The average Bonchev–Trinajstić information content (AvgIpc) is 2.64. The van der Waals surface area contributed by atoms with Gasteiger partial charge in [0.15, 0.2) is 0 Å². The number of halogens is 4. The summed E-state index contributed by atoms with van der Waals surface area (Å²) < 4.78 is 43.5. The Labute approximate surface area is 112 Å². The summed E-state index contributed by atoms with van der Waals surface area (Å²) >= 11 is 5.79. The predicted octanol–water partition coefficient (Wildman–Crippen LogP) is 3.79. The van der Waals surface area contributed by atoms with Crippen LogP contribution in [0.3, 0.4) is 0 Å². The van der Waals surface area contributed by atoms with E-state index in [0.717, 1.165) is 10.7 Å². The molecule has 1 aromatic carbocycles. The molecule has 2 aromatic rings. The molecule has 0 amide bonds. The fourth-order valence-electron chi connectivity index (χ4n) is 1.64. The Hall–Kier alpha value is -1.69. The zero-order chi connectivity index (χ0) is 14.2. The van der Waals surface area contributed by atoms with E-state index in [4.69, 9.17) is 11.6 Å². The second kappa shape index (κ2) is 5.13. The van der Waals surface area contributed by atoms with E-state index in [1.807, 2.05) is 0 Å². The Bertz CT molecular complexity index is 613. The van der Waals surface area contributed by atoms with Crippen molar-refractivity contribution in [2.24, 2.45) is 7.05 Å². The molecule has 0 aliphatic heterocycles. The van der Waals surface area contributed by atoms with Crippen molar-refractivity contribution in [3.8, 4) is 17.1 Å². The van der Waals surface area contributed by atoms with Crippen LogP contribution in [0.1, 0.15) is 5.56 Å². The zero-order valence-electron chi connectivity index (χ0n) is 10.1. The van der Waals surface area contributed by atoms with E-state index >= 15 is 0 Å². The summed E-state index contributed by atoms with van der Waals surface area (Å²) in [5.74, 6) is -0.714.